The van der Waals surface area contributed by atoms with Gasteiger partial charge in [-0.2, -0.15) is 5.26 Å². The first-order valence-corrected chi connectivity index (χ1v) is 7.73. The third kappa shape index (κ3) is 3.78. The van der Waals surface area contributed by atoms with Crippen molar-refractivity contribution in [1.82, 2.24) is 4.57 Å². The average Bonchev–Trinajstić information content (AvgIpc) is 2.77. The van der Waals surface area contributed by atoms with Crippen LogP contribution in [0.5, 0.6) is 0 Å². The lowest BCUT2D eigenvalue weighted by atomic mass is 9.90. The highest BCUT2D eigenvalue weighted by Gasteiger charge is 2.16. The van der Waals surface area contributed by atoms with Crippen LogP contribution in [0.15, 0.2) is 24.4 Å². The van der Waals surface area contributed by atoms with Crippen LogP contribution in [0.1, 0.15) is 32.3 Å². The Kier molecular flexibility index (Phi) is 4.92. The second-order valence-corrected chi connectivity index (χ2v) is 6.58. The summed E-state index contributed by atoms with van der Waals surface area (Å²) in [4.78, 5) is 0. The van der Waals surface area contributed by atoms with Crippen molar-refractivity contribution in [3.63, 3.8) is 0 Å². The van der Waals surface area contributed by atoms with Gasteiger partial charge in [0.1, 0.15) is 0 Å². The summed E-state index contributed by atoms with van der Waals surface area (Å²) in [5, 5.41) is 11.1. The second kappa shape index (κ2) is 6.51. The molecule has 3 nitrogen and oxygen atoms in total. The van der Waals surface area contributed by atoms with Gasteiger partial charge in [0, 0.05) is 28.7 Å². The molecule has 4 heteroatoms. The third-order valence-corrected chi connectivity index (χ3v) is 4.08. The zero-order chi connectivity index (χ0) is 15.5. The number of nitriles is 1. The molecule has 1 aromatic carbocycles. The van der Waals surface area contributed by atoms with Gasteiger partial charge in [0.05, 0.1) is 11.5 Å². The van der Waals surface area contributed by atoms with E-state index in [1.54, 1.807) is 0 Å². The maximum absolute atomic E-state index is 9.09. The van der Waals surface area contributed by atoms with E-state index >= 15 is 0 Å². The van der Waals surface area contributed by atoms with E-state index in [4.69, 9.17) is 22.6 Å². The van der Waals surface area contributed by atoms with Crippen LogP contribution in [0.25, 0.3) is 10.9 Å². The molecule has 2 rings (SSSR count). The largest absolute Gasteiger partial charge is 0.347 e. The standard InChI is InChI=1S/C17H22ClN3/c1-17(2,12-20)7-3-9-21-11-13(6-8-19)15-5-4-14(18)10-16(15)21/h4-5,10-11H,3,6-9,19H2,1-2H3. The fraction of sp³-hybridized carbons (Fsp3) is 0.471. The zero-order valence-corrected chi connectivity index (χ0v) is 13.5. The van der Waals surface area contributed by atoms with Crippen LogP contribution in [0, 0.1) is 16.7 Å². The first kappa shape index (κ1) is 15.9. The fourth-order valence-corrected chi connectivity index (χ4v) is 2.79. The number of rotatable bonds is 6. The quantitative estimate of drug-likeness (QED) is 0.872. The van der Waals surface area contributed by atoms with E-state index < -0.39 is 0 Å². The molecule has 2 aromatic rings. The molecule has 0 amide bonds. The third-order valence-electron chi connectivity index (χ3n) is 3.84. The molecule has 112 valence electrons. The van der Waals surface area contributed by atoms with Crippen LogP contribution in [-0.2, 0) is 13.0 Å². The number of aryl methyl sites for hydroxylation is 1. The van der Waals surface area contributed by atoms with Crippen molar-refractivity contribution in [2.75, 3.05) is 6.54 Å². The maximum Gasteiger partial charge on any atom is 0.0683 e. The van der Waals surface area contributed by atoms with Gasteiger partial charge in [0.15, 0.2) is 0 Å². The van der Waals surface area contributed by atoms with Crippen LogP contribution in [0.2, 0.25) is 5.02 Å². The first-order chi connectivity index (χ1) is 9.96. The summed E-state index contributed by atoms with van der Waals surface area (Å²) in [7, 11) is 0. The molecule has 0 spiro atoms. The maximum atomic E-state index is 9.09. The highest BCUT2D eigenvalue weighted by atomic mass is 35.5. The van der Waals surface area contributed by atoms with Gasteiger partial charge in [-0.15, -0.1) is 0 Å². The average molecular weight is 304 g/mol. The SMILES string of the molecule is CC(C)(C#N)CCCn1cc(CCN)c2ccc(Cl)cc21. The van der Waals surface area contributed by atoms with E-state index in [-0.39, 0.29) is 5.41 Å². The highest BCUT2D eigenvalue weighted by Crippen LogP contribution is 2.27. The Labute approximate surface area is 131 Å². The van der Waals surface area contributed by atoms with Crippen molar-refractivity contribution >= 4 is 22.5 Å². The van der Waals surface area contributed by atoms with Crippen molar-refractivity contribution < 1.29 is 0 Å². The number of aromatic nitrogens is 1. The van der Waals surface area contributed by atoms with Gasteiger partial charge in [-0.1, -0.05) is 17.7 Å². The molecule has 0 fully saturated rings. The summed E-state index contributed by atoms with van der Waals surface area (Å²) in [6, 6.07) is 8.35. The van der Waals surface area contributed by atoms with Gasteiger partial charge in [-0.25, -0.2) is 0 Å². The van der Waals surface area contributed by atoms with E-state index in [9.17, 15) is 0 Å². The molecule has 0 aliphatic heterocycles. The van der Waals surface area contributed by atoms with E-state index in [1.807, 2.05) is 26.0 Å². The molecular formula is C17H22ClN3. The van der Waals surface area contributed by atoms with Crippen LogP contribution >= 0.6 is 11.6 Å². The minimum absolute atomic E-state index is 0.263. The summed E-state index contributed by atoms with van der Waals surface area (Å²) in [6.07, 6.45) is 4.90. The van der Waals surface area contributed by atoms with E-state index in [0.717, 1.165) is 36.3 Å². The van der Waals surface area contributed by atoms with E-state index in [0.29, 0.717) is 6.54 Å². The van der Waals surface area contributed by atoms with Crippen LogP contribution in [0.4, 0.5) is 0 Å². The summed E-state index contributed by atoms with van der Waals surface area (Å²) in [5.74, 6) is 0. The number of hydrogen-bond acceptors (Lipinski definition) is 2. The van der Waals surface area contributed by atoms with Gasteiger partial charge in [0.2, 0.25) is 0 Å². The predicted molar refractivity (Wildman–Crippen MR) is 88.3 cm³/mol. The topological polar surface area (TPSA) is 54.7 Å². The molecule has 0 aliphatic carbocycles. The molecule has 0 radical (unpaired) electrons. The molecule has 0 saturated carbocycles. The normalized spacial score (nSPS) is 11.8. The minimum Gasteiger partial charge on any atom is -0.347 e. The number of halogens is 1. The van der Waals surface area contributed by atoms with Gasteiger partial charge in [-0.05, 0) is 57.4 Å². The number of hydrogen-bond donors (Lipinski definition) is 1. The van der Waals surface area contributed by atoms with E-state index in [2.05, 4.69) is 22.9 Å². The Morgan fingerprint density at radius 2 is 2.14 bits per heavy atom. The molecule has 0 unspecified atom stereocenters. The van der Waals surface area contributed by atoms with Crippen molar-refractivity contribution in [3.05, 3.63) is 35.0 Å². The summed E-state index contributed by atoms with van der Waals surface area (Å²) < 4.78 is 2.24. The number of nitrogens with two attached hydrogens (primary N) is 1. The van der Waals surface area contributed by atoms with Gasteiger partial charge in [0.25, 0.3) is 0 Å². The van der Waals surface area contributed by atoms with Crippen molar-refractivity contribution in [3.8, 4) is 6.07 Å². The molecular weight excluding hydrogens is 282 g/mol. The fourth-order valence-electron chi connectivity index (χ4n) is 2.63. The molecule has 0 atom stereocenters. The van der Waals surface area contributed by atoms with Gasteiger partial charge in [-0.3, -0.25) is 0 Å². The highest BCUT2D eigenvalue weighted by molar-refractivity contribution is 6.31. The monoisotopic (exact) mass is 303 g/mol. The Balaban J connectivity index is 2.23. The molecule has 1 heterocycles. The Morgan fingerprint density at radius 3 is 2.81 bits per heavy atom. The van der Waals surface area contributed by atoms with Crippen molar-refractivity contribution in [2.45, 2.75) is 39.7 Å². The lowest BCUT2D eigenvalue weighted by Gasteiger charge is -2.15. The molecule has 2 N–H and O–H groups in total. The van der Waals surface area contributed by atoms with Crippen LogP contribution < -0.4 is 5.73 Å². The molecule has 21 heavy (non-hydrogen) atoms. The number of fused-ring (bicyclic) bond motifs is 1. The molecule has 0 saturated heterocycles. The summed E-state index contributed by atoms with van der Waals surface area (Å²) >= 11 is 6.12. The number of nitrogens with zero attached hydrogens (tertiary/aromatic N) is 2. The Hall–Kier alpha value is -1.50. The lowest BCUT2D eigenvalue weighted by molar-refractivity contribution is 0.418. The van der Waals surface area contributed by atoms with E-state index in [1.165, 1.54) is 10.9 Å². The second-order valence-electron chi connectivity index (χ2n) is 6.15. The van der Waals surface area contributed by atoms with Crippen LogP contribution in [-0.4, -0.2) is 11.1 Å². The first-order valence-electron chi connectivity index (χ1n) is 7.35. The van der Waals surface area contributed by atoms with Crippen LogP contribution in [0.3, 0.4) is 0 Å². The molecule has 0 aliphatic rings. The molecule has 0 bridgehead atoms. The van der Waals surface area contributed by atoms with Crippen molar-refractivity contribution in [2.24, 2.45) is 11.1 Å². The zero-order valence-electron chi connectivity index (χ0n) is 12.7. The Bertz CT molecular complexity index is 664. The lowest BCUT2D eigenvalue weighted by Crippen LogP contribution is -2.09. The van der Waals surface area contributed by atoms with Gasteiger partial charge >= 0.3 is 0 Å². The summed E-state index contributed by atoms with van der Waals surface area (Å²) in [5.41, 5.74) is 7.85. The van der Waals surface area contributed by atoms with Gasteiger partial charge < -0.3 is 10.3 Å². The number of benzene rings is 1. The minimum atomic E-state index is -0.263. The molecule has 1 aromatic heterocycles. The summed E-state index contributed by atoms with van der Waals surface area (Å²) in [6.45, 7) is 5.50. The predicted octanol–water partition coefficient (Wildman–Crippen LogP) is 4.13. The Morgan fingerprint density at radius 1 is 1.38 bits per heavy atom. The van der Waals surface area contributed by atoms with Crippen molar-refractivity contribution in [1.29, 1.82) is 5.26 Å². The smallest absolute Gasteiger partial charge is 0.0683 e.